The molecule has 0 saturated carbocycles. The average molecular weight is 395 g/mol. The highest BCUT2D eigenvalue weighted by molar-refractivity contribution is 5.93. The molecule has 1 aliphatic heterocycles. The van der Waals surface area contributed by atoms with Crippen molar-refractivity contribution in [1.29, 1.82) is 0 Å². The monoisotopic (exact) mass is 395 g/mol. The molecular formula is C19H29N3O6. The van der Waals surface area contributed by atoms with Crippen molar-refractivity contribution in [2.24, 2.45) is 10.8 Å². The fraction of sp³-hybridized carbons (Fsp3) is 0.684. The van der Waals surface area contributed by atoms with Gasteiger partial charge in [-0.2, -0.15) is 4.98 Å². The summed E-state index contributed by atoms with van der Waals surface area (Å²) in [4.78, 5) is 40.1. The molecule has 9 nitrogen and oxygen atoms in total. The van der Waals surface area contributed by atoms with Gasteiger partial charge in [0.2, 0.25) is 5.91 Å². The van der Waals surface area contributed by atoms with Crippen LogP contribution < -0.4 is 11.0 Å². The highest BCUT2D eigenvalue weighted by atomic mass is 16.6. The zero-order valence-corrected chi connectivity index (χ0v) is 17.2. The Bertz CT molecular complexity index is 790. The molecule has 1 aromatic rings. The molecule has 0 aromatic carbocycles. The Morgan fingerprint density at radius 1 is 1.29 bits per heavy atom. The molecule has 28 heavy (non-hydrogen) atoms. The predicted molar refractivity (Wildman–Crippen MR) is 102 cm³/mol. The van der Waals surface area contributed by atoms with E-state index in [9.17, 15) is 19.5 Å². The maximum absolute atomic E-state index is 12.3. The minimum atomic E-state index is -0.884. The number of amides is 1. The van der Waals surface area contributed by atoms with Gasteiger partial charge in [0.1, 0.15) is 24.8 Å². The minimum absolute atomic E-state index is 0.102. The number of anilines is 1. The van der Waals surface area contributed by atoms with E-state index in [1.807, 2.05) is 0 Å². The summed E-state index contributed by atoms with van der Waals surface area (Å²) in [5, 5.41) is 12.8. The van der Waals surface area contributed by atoms with Crippen LogP contribution in [0.15, 0.2) is 17.1 Å². The Morgan fingerprint density at radius 3 is 2.46 bits per heavy atom. The van der Waals surface area contributed by atoms with Crippen LogP contribution in [0, 0.1) is 10.8 Å². The van der Waals surface area contributed by atoms with Crippen LogP contribution in [-0.4, -0.2) is 45.3 Å². The van der Waals surface area contributed by atoms with Gasteiger partial charge in [0.05, 0.1) is 11.5 Å². The third kappa shape index (κ3) is 5.39. The summed E-state index contributed by atoms with van der Waals surface area (Å²) in [5.41, 5.74) is -1.89. The van der Waals surface area contributed by atoms with Gasteiger partial charge in [-0.25, -0.2) is 4.79 Å². The zero-order chi connectivity index (χ0) is 21.3. The van der Waals surface area contributed by atoms with E-state index in [4.69, 9.17) is 9.47 Å². The van der Waals surface area contributed by atoms with Crippen LogP contribution in [0.1, 0.15) is 54.2 Å². The van der Waals surface area contributed by atoms with Gasteiger partial charge < -0.3 is 19.9 Å². The molecule has 1 amide bonds. The number of carbonyl (C=O) groups excluding carboxylic acids is 2. The second kappa shape index (κ2) is 8.00. The molecule has 2 N–H and O–H groups in total. The first-order valence-corrected chi connectivity index (χ1v) is 9.20. The van der Waals surface area contributed by atoms with Gasteiger partial charge in [0.15, 0.2) is 0 Å². The lowest BCUT2D eigenvalue weighted by atomic mass is 9.96. The number of hydrogen-bond donors (Lipinski definition) is 2. The maximum Gasteiger partial charge on any atom is 0.351 e. The molecule has 2 rings (SSSR count). The molecule has 0 spiro atoms. The van der Waals surface area contributed by atoms with Crippen molar-refractivity contribution in [2.75, 3.05) is 11.9 Å². The number of aliphatic hydroxyl groups excluding tert-OH is 1. The Labute approximate surface area is 164 Å². The molecule has 0 radical (unpaired) electrons. The number of aliphatic hydroxyl groups is 1. The van der Waals surface area contributed by atoms with Gasteiger partial charge in [-0.05, 0) is 26.8 Å². The lowest BCUT2D eigenvalue weighted by molar-refractivity contribution is -0.159. The standard InChI is InChI=1S/C19H29N3O6/c1-18(2,3)15(24)20-13-7-8-22(17(26)21-13)14-9-11(23)12(28-14)10-27-16(25)19(4,5)6/h7-8,11-12,14,23H,9-10H2,1-6H3,(H,20,21,24,26). The first kappa shape index (κ1) is 22.0. The van der Waals surface area contributed by atoms with E-state index in [-0.39, 0.29) is 24.8 Å². The smallest absolute Gasteiger partial charge is 0.351 e. The van der Waals surface area contributed by atoms with Crippen LogP contribution in [-0.2, 0) is 19.1 Å². The van der Waals surface area contributed by atoms with Gasteiger partial charge in [0.25, 0.3) is 0 Å². The topological polar surface area (TPSA) is 120 Å². The lowest BCUT2D eigenvalue weighted by Crippen LogP contribution is -2.32. The zero-order valence-electron chi connectivity index (χ0n) is 17.2. The molecule has 0 aliphatic carbocycles. The van der Waals surface area contributed by atoms with Crippen molar-refractivity contribution in [2.45, 2.75) is 66.4 Å². The van der Waals surface area contributed by atoms with Crippen molar-refractivity contribution < 1.29 is 24.2 Å². The number of aromatic nitrogens is 2. The van der Waals surface area contributed by atoms with Crippen LogP contribution in [0.3, 0.4) is 0 Å². The van der Waals surface area contributed by atoms with Gasteiger partial charge >= 0.3 is 11.7 Å². The Kier molecular flexibility index (Phi) is 6.30. The van der Waals surface area contributed by atoms with Gasteiger partial charge in [0, 0.05) is 18.0 Å². The van der Waals surface area contributed by atoms with Crippen LogP contribution in [0.25, 0.3) is 0 Å². The highest BCUT2D eigenvalue weighted by Gasteiger charge is 2.37. The molecule has 156 valence electrons. The largest absolute Gasteiger partial charge is 0.462 e. The summed E-state index contributed by atoms with van der Waals surface area (Å²) in [6, 6.07) is 1.49. The molecule has 1 fully saturated rings. The van der Waals surface area contributed by atoms with Gasteiger partial charge in [-0.15, -0.1) is 0 Å². The third-order valence-electron chi connectivity index (χ3n) is 4.26. The van der Waals surface area contributed by atoms with Crippen molar-refractivity contribution in [3.63, 3.8) is 0 Å². The summed E-state index contributed by atoms with van der Waals surface area (Å²) >= 11 is 0. The highest BCUT2D eigenvalue weighted by Crippen LogP contribution is 2.28. The fourth-order valence-electron chi connectivity index (χ4n) is 2.42. The number of hydrogen-bond acceptors (Lipinski definition) is 7. The summed E-state index contributed by atoms with van der Waals surface area (Å²) < 4.78 is 12.1. The number of rotatable bonds is 4. The number of ether oxygens (including phenoxy) is 2. The molecular weight excluding hydrogens is 366 g/mol. The molecule has 0 bridgehead atoms. The normalized spacial score (nSPS) is 22.8. The average Bonchev–Trinajstić information content (AvgIpc) is 2.91. The van der Waals surface area contributed by atoms with E-state index in [2.05, 4.69) is 10.3 Å². The molecule has 1 saturated heterocycles. The van der Waals surface area contributed by atoms with Crippen molar-refractivity contribution in [1.82, 2.24) is 9.55 Å². The second-order valence-corrected chi connectivity index (χ2v) is 8.99. The van der Waals surface area contributed by atoms with Gasteiger partial charge in [-0.1, -0.05) is 20.8 Å². The van der Waals surface area contributed by atoms with E-state index in [1.165, 1.54) is 16.8 Å². The first-order valence-electron chi connectivity index (χ1n) is 9.20. The van der Waals surface area contributed by atoms with Crippen molar-refractivity contribution in [3.8, 4) is 0 Å². The van der Waals surface area contributed by atoms with Crippen LogP contribution in [0.2, 0.25) is 0 Å². The number of esters is 1. The Balaban J connectivity index is 2.03. The summed E-state index contributed by atoms with van der Waals surface area (Å²) in [6.07, 6.45) is -0.740. The minimum Gasteiger partial charge on any atom is -0.462 e. The van der Waals surface area contributed by atoms with Crippen LogP contribution in [0.4, 0.5) is 5.82 Å². The Hall–Kier alpha value is -2.26. The SMILES string of the molecule is CC(C)(C)C(=O)Nc1ccn(C2CC(O)C(COC(=O)C(C)(C)C)O2)c(=O)n1. The fourth-order valence-corrected chi connectivity index (χ4v) is 2.42. The second-order valence-electron chi connectivity index (χ2n) is 8.99. The summed E-state index contributed by atoms with van der Waals surface area (Å²) in [7, 11) is 0. The van der Waals surface area contributed by atoms with E-state index in [0.29, 0.717) is 0 Å². The summed E-state index contributed by atoms with van der Waals surface area (Å²) in [6.45, 7) is 10.4. The Morgan fingerprint density at radius 2 is 1.93 bits per heavy atom. The molecule has 2 heterocycles. The predicted octanol–water partition coefficient (Wildman–Crippen LogP) is 1.47. The molecule has 9 heteroatoms. The van der Waals surface area contributed by atoms with E-state index >= 15 is 0 Å². The van der Waals surface area contributed by atoms with Crippen LogP contribution >= 0.6 is 0 Å². The first-order chi connectivity index (χ1) is 12.8. The van der Waals surface area contributed by atoms with E-state index in [1.54, 1.807) is 41.5 Å². The van der Waals surface area contributed by atoms with E-state index < -0.39 is 40.9 Å². The number of nitrogens with one attached hydrogen (secondary N) is 1. The number of carbonyl (C=O) groups is 2. The number of nitrogens with zero attached hydrogens (tertiary/aromatic N) is 2. The maximum atomic E-state index is 12.3. The molecule has 1 aliphatic rings. The lowest BCUT2D eigenvalue weighted by Gasteiger charge is -2.20. The summed E-state index contributed by atoms with van der Waals surface area (Å²) in [5.74, 6) is -0.509. The molecule has 3 atom stereocenters. The van der Waals surface area contributed by atoms with Crippen molar-refractivity contribution in [3.05, 3.63) is 22.7 Å². The molecule has 3 unspecified atom stereocenters. The van der Waals surface area contributed by atoms with E-state index in [0.717, 1.165) is 0 Å². The third-order valence-corrected chi connectivity index (χ3v) is 4.26. The van der Waals surface area contributed by atoms with Crippen LogP contribution in [0.5, 0.6) is 0 Å². The van der Waals surface area contributed by atoms with Gasteiger partial charge in [-0.3, -0.25) is 14.2 Å². The molecule has 1 aromatic heterocycles. The quantitative estimate of drug-likeness (QED) is 0.741. The van der Waals surface area contributed by atoms with Crippen molar-refractivity contribution >= 4 is 17.7 Å².